The molecular weight excluding hydrogens is 442 g/mol. The number of benzene rings is 1. The molecule has 0 fully saturated rings. The number of hydrogen-bond acceptors (Lipinski definition) is 3. The van der Waals surface area contributed by atoms with Crippen molar-refractivity contribution in [3.8, 4) is 11.1 Å². The lowest BCUT2D eigenvalue weighted by Crippen LogP contribution is -2.15. The van der Waals surface area contributed by atoms with E-state index in [0.717, 1.165) is 29.5 Å². The number of hydrogen-bond donors (Lipinski definition) is 2. The van der Waals surface area contributed by atoms with Crippen molar-refractivity contribution in [2.45, 2.75) is 47.0 Å². The maximum Gasteiger partial charge on any atom is 0.339 e. The highest BCUT2D eigenvalue weighted by Gasteiger charge is 2.21. The van der Waals surface area contributed by atoms with Crippen LogP contribution in [0.1, 0.15) is 56.0 Å². The molecule has 1 aromatic carbocycles. The monoisotopic (exact) mass is 475 g/mol. The van der Waals surface area contributed by atoms with Crippen LogP contribution in [0, 0.1) is 6.92 Å². The predicted molar refractivity (Wildman–Crippen MR) is 145 cm³/mol. The largest absolute Gasteiger partial charge is 0.478 e. The molecular formula is C29H33NO3S. The van der Waals surface area contributed by atoms with Gasteiger partial charge in [-0.2, -0.15) is 0 Å². The lowest BCUT2D eigenvalue weighted by molar-refractivity contribution is -0.112. The Bertz CT molecular complexity index is 1140. The number of allylic oxidation sites excluding steroid dienone is 7. The number of aromatic carboxylic acids is 1. The van der Waals surface area contributed by atoms with Gasteiger partial charge < -0.3 is 10.4 Å². The minimum Gasteiger partial charge on any atom is -0.478 e. The lowest BCUT2D eigenvalue weighted by atomic mass is 10.0. The van der Waals surface area contributed by atoms with E-state index in [4.69, 9.17) is 0 Å². The van der Waals surface area contributed by atoms with E-state index in [0.29, 0.717) is 22.6 Å². The molecule has 2 rings (SSSR count). The van der Waals surface area contributed by atoms with Gasteiger partial charge in [-0.1, -0.05) is 97.4 Å². The zero-order chi connectivity index (χ0) is 25.1. The topological polar surface area (TPSA) is 66.4 Å². The Kier molecular flexibility index (Phi) is 10.5. The smallest absolute Gasteiger partial charge is 0.339 e. The minimum atomic E-state index is -1.06. The van der Waals surface area contributed by atoms with Gasteiger partial charge in [0, 0.05) is 16.5 Å². The molecule has 2 aromatic rings. The summed E-state index contributed by atoms with van der Waals surface area (Å²) in [4.78, 5) is 25.1. The van der Waals surface area contributed by atoms with Crippen LogP contribution in [0.5, 0.6) is 0 Å². The van der Waals surface area contributed by atoms with Crippen molar-refractivity contribution in [2.24, 2.45) is 0 Å². The molecule has 0 aliphatic carbocycles. The Hall–Kier alpha value is -3.44. The first-order chi connectivity index (χ1) is 16.3. The minimum absolute atomic E-state index is 0.115. The maximum absolute atomic E-state index is 13.1. The highest BCUT2D eigenvalue weighted by Crippen LogP contribution is 2.36. The fourth-order valence-corrected chi connectivity index (χ4v) is 4.15. The number of rotatable bonds is 11. The third-order valence-corrected chi connectivity index (χ3v) is 6.28. The van der Waals surface area contributed by atoms with E-state index in [-0.39, 0.29) is 11.5 Å². The van der Waals surface area contributed by atoms with E-state index in [9.17, 15) is 14.7 Å². The summed E-state index contributed by atoms with van der Waals surface area (Å²) >= 11 is 1.23. The average Bonchev–Trinajstić information content (AvgIpc) is 3.23. The number of unbranched alkanes of at least 4 members (excludes halogenated alkanes) is 1. The second-order valence-electron chi connectivity index (χ2n) is 8.09. The van der Waals surface area contributed by atoms with Gasteiger partial charge in [0.1, 0.15) is 10.6 Å². The molecule has 0 saturated heterocycles. The van der Waals surface area contributed by atoms with Gasteiger partial charge in [0.15, 0.2) is 0 Å². The summed E-state index contributed by atoms with van der Waals surface area (Å²) in [6, 6.07) is 7.68. The molecule has 0 saturated carbocycles. The molecule has 34 heavy (non-hydrogen) atoms. The third kappa shape index (κ3) is 7.56. The second-order valence-corrected chi connectivity index (χ2v) is 8.97. The molecule has 0 spiro atoms. The van der Waals surface area contributed by atoms with Crippen LogP contribution in [-0.4, -0.2) is 17.0 Å². The summed E-state index contributed by atoms with van der Waals surface area (Å²) in [6.07, 6.45) is 13.7. The Morgan fingerprint density at radius 1 is 1.15 bits per heavy atom. The van der Waals surface area contributed by atoms with Gasteiger partial charge in [-0.15, -0.1) is 11.3 Å². The van der Waals surface area contributed by atoms with Crippen molar-refractivity contribution in [2.75, 3.05) is 5.32 Å². The first kappa shape index (κ1) is 26.8. The summed E-state index contributed by atoms with van der Waals surface area (Å²) in [5, 5.41) is 14.8. The molecule has 0 atom stereocenters. The van der Waals surface area contributed by atoms with Crippen LogP contribution in [0.25, 0.3) is 11.1 Å². The normalized spacial score (nSPS) is 12.8. The highest BCUT2D eigenvalue weighted by molar-refractivity contribution is 7.15. The molecule has 1 amide bonds. The van der Waals surface area contributed by atoms with Crippen LogP contribution < -0.4 is 5.32 Å². The van der Waals surface area contributed by atoms with Crippen LogP contribution in [0.15, 0.2) is 89.4 Å². The standard InChI is InChI=1S/C29H33NO3S/c1-6-8-11-21(4)22(5)12-10-14-24(13-9-7-2)27(31)30-28-26(29(32)33)25(19-34-28)23-17-15-20(3)16-18-23/h6,8,10-11,13-19H,1,7,9,12H2,2-5H3,(H,30,31)(H,32,33). The number of amides is 1. The van der Waals surface area contributed by atoms with Gasteiger partial charge in [-0.25, -0.2) is 4.79 Å². The fourth-order valence-electron chi connectivity index (χ4n) is 3.20. The number of thiophene rings is 1. The van der Waals surface area contributed by atoms with Gasteiger partial charge in [0.2, 0.25) is 0 Å². The summed E-state index contributed by atoms with van der Waals surface area (Å²) in [6.45, 7) is 11.8. The molecule has 4 nitrogen and oxygen atoms in total. The van der Waals surface area contributed by atoms with Gasteiger partial charge in [0.05, 0.1) is 0 Å². The van der Waals surface area contributed by atoms with Crippen molar-refractivity contribution in [1.29, 1.82) is 0 Å². The Morgan fingerprint density at radius 2 is 1.85 bits per heavy atom. The molecule has 1 heterocycles. The van der Waals surface area contributed by atoms with Crippen LogP contribution in [0.3, 0.4) is 0 Å². The van der Waals surface area contributed by atoms with Gasteiger partial charge >= 0.3 is 5.97 Å². The summed E-state index contributed by atoms with van der Waals surface area (Å²) in [7, 11) is 0. The molecule has 0 radical (unpaired) electrons. The molecule has 2 N–H and O–H groups in total. The number of aryl methyl sites for hydroxylation is 1. The first-order valence-corrected chi connectivity index (χ1v) is 12.2. The second kappa shape index (κ2) is 13.3. The van der Waals surface area contributed by atoms with Crippen LogP contribution in [0.4, 0.5) is 5.00 Å². The average molecular weight is 476 g/mol. The molecule has 0 bridgehead atoms. The lowest BCUT2D eigenvalue weighted by Gasteiger charge is -2.08. The highest BCUT2D eigenvalue weighted by atomic mass is 32.1. The van der Waals surface area contributed by atoms with Crippen molar-refractivity contribution in [3.05, 3.63) is 101 Å². The van der Waals surface area contributed by atoms with Gasteiger partial charge in [-0.05, 0) is 39.2 Å². The number of carbonyl (C=O) groups excluding carboxylic acids is 1. The van der Waals surface area contributed by atoms with Crippen LogP contribution in [-0.2, 0) is 4.79 Å². The van der Waals surface area contributed by atoms with E-state index in [1.807, 2.05) is 75.4 Å². The van der Waals surface area contributed by atoms with Crippen molar-refractivity contribution < 1.29 is 14.7 Å². The number of carboxylic acids is 1. The molecule has 1 aromatic heterocycles. The zero-order valence-electron chi connectivity index (χ0n) is 20.4. The Labute approximate surface area is 206 Å². The van der Waals surface area contributed by atoms with E-state index >= 15 is 0 Å². The molecule has 5 heteroatoms. The number of anilines is 1. The molecule has 178 valence electrons. The SMILES string of the molecule is C=CC=CC(C)=C(C)CC=CC(=CCCC)C(=O)Nc1scc(-c2ccc(C)cc2)c1C(=O)O. The van der Waals surface area contributed by atoms with E-state index in [1.165, 1.54) is 16.9 Å². The Balaban J connectivity index is 2.27. The van der Waals surface area contributed by atoms with Crippen LogP contribution in [0.2, 0.25) is 0 Å². The van der Waals surface area contributed by atoms with Crippen molar-refractivity contribution in [3.63, 3.8) is 0 Å². The molecule has 0 aliphatic heterocycles. The van der Waals surface area contributed by atoms with E-state index in [1.54, 1.807) is 11.5 Å². The van der Waals surface area contributed by atoms with E-state index < -0.39 is 5.97 Å². The summed E-state index contributed by atoms with van der Waals surface area (Å²) < 4.78 is 0. The molecule has 0 aliphatic rings. The summed E-state index contributed by atoms with van der Waals surface area (Å²) in [5.74, 6) is -1.38. The van der Waals surface area contributed by atoms with Crippen molar-refractivity contribution >= 4 is 28.2 Å². The molecule has 0 unspecified atom stereocenters. The quantitative estimate of drug-likeness (QED) is 0.255. The fraction of sp³-hybridized carbons (Fsp3) is 0.241. The predicted octanol–water partition coefficient (Wildman–Crippen LogP) is 8.11. The van der Waals surface area contributed by atoms with Crippen molar-refractivity contribution in [1.82, 2.24) is 0 Å². The Morgan fingerprint density at radius 3 is 2.47 bits per heavy atom. The zero-order valence-corrected chi connectivity index (χ0v) is 21.2. The van der Waals surface area contributed by atoms with Gasteiger partial charge in [-0.3, -0.25) is 4.79 Å². The maximum atomic E-state index is 13.1. The number of carbonyl (C=O) groups is 2. The summed E-state index contributed by atoms with van der Waals surface area (Å²) in [5.41, 5.74) is 5.50. The first-order valence-electron chi connectivity index (χ1n) is 11.3. The number of nitrogens with one attached hydrogen (secondary N) is 1. The van der Waals surface area contributed by atoms with E-state index in [2.05, 4.69) is 18.8 Å². The number of carboxylic acid groups (broad SMARTS) is 1. The van der Waals surface area contributed by atoms with Crippen LogP contribution >= 0.6 is 11.3 Å². The third-order valence-electron chi connectivity index (χ3n) is 5.39. The van der Waals surface area contributed by atoms with Gasteiger partial charge in [0.25, 0.3) is 5.91 Å².